The van der Waals surface area contributed by atoms with Gasteiger partial charge in [0.2, 0.25) is 5.76 Å². The molecule has 5 heteroatoms. The van der Waals surface area contributed by atoms with Crippen LogP contribution < -0.4 is 5.48 Å². The molecule has 0 unspecified atom stereocenters. The van der Waals surface area contributed by atoms with Crippen molar-refractivity contribution in [2.45, 2.75) is 6.92 Å². The number of hydroxylamine groups is 1. The third-order valence-electron chi connectivity index (χ3n) is 1.13. The summed E-state index contributed by atoms with van der Waals surface area (Å²) in [7, 11) is 0. The van der Waals surface area contributed by atoms with Crippen molar-refractivity contribution >= 4 is 21.8 Å². The van der Waals surface area contributed by atoms with Crippen LogP contribution >= 0.6 is 15.9 Å². The minimum absolute atomic E-state index is 0.212. The van der Waals surface area contributed by atoms with E-state index in [1.807, 2.05) is 0 Å². The maximum absolute atomic E-state index is 11.1. The second kappa shape index (κ2) is 4.27. The van der Waals surface area contributed by atoms with Crippen LogP contribution in [0.15, 0.2) is 21.2 Å². The average molecular weight is 234 g/mol. The second-order valence-electron chi connectivity index (χ2n) is 1.96. The molecule has 0 saturated heterocycles. The number of nitrogens with one attached hydrogen (secondary N) is 1. The minimum atomic E-state index is -0.395. The van der Waals surface area contributed by atoms with Crippen molar-refractivity contribution in [1.29, 1.82) is 0 Å². The van der Waals surface area contributed by atoms with Crippen LogP contribution in [0.25, 0.3) is 0 Å². The zero-order chi connectivity index (χ0) is 8.97. The highest BCUT2D eigenvalue weighted by atomic mass is 79.9. The van der Waals surface area contributed by atoms with Crippen molar-refractivity contribution in [2.24, 2.45) is 0 Å². The van der Waals surface area contributed by atoms with Crippen LogP contribution in [0.5, 0.6) is 0 Å². The molecule has 66 valence electrons. The smallest absolute Gasteiger partial charge is 0.311 e. The molecule has 0 fully saturated rings. The van der Waals surface area contributed by atoms with E-state index in [-0.39, 0.29) is 5.76 Å². The molecule has 12 heavy (non-hydrogen) atoms. The molecule has 0 aromatic carbocycles. The Bertz CT molecular complexity index is 271. The number of amides is 1. The van der Waals surface area contributed by atoms with Crippen molar-refractivity contribution in [3.05, 3.63) is 22.6 Å². The molecular formula is C7H8BrNO3. The largest absolute Gasteiger partial charge is 0.458 e. The number of rotatable bonds is 3. The summed E-state index contributed by atoms with van der Waals surface area (Å²) in [5.41, 5.74) is 2.21. The molecule has 0 saturated carbocycles. The Morgan fingerprint density at radius 2 is 2.58 bits per heavy atom. The first-order valence-corrected chi connectivity index (χ1v) is 4.20. The molecular weight excluding hydrogens is 226 g/mol. The molecule has 0 aliphatic rings. The number of halogens is 1. The Morgan fingerprint density at radius 1 is 1.83 bits per heavy atom. The highest BCUT2D eigenvalue weighted by Crippen LogP contribution is 2.16. The number of hydrogen-bond acceptors (Lipinski definition) is 3. The zero-order valence-electron chi connectivity index (χ0n) is 6.46. The van der Waals surface area contributed by atoms with E-state index in [1.165, 1.54) is 6.26 Å². The van der Waals surface area contributed by atoms with E-state index in [4.69, 9.17) is 9.25 Å². The lowest BCUT2D eigenvalue weighted by Gasteiger charge is -2.00. The van der Waals surface area contributed by atoms with Crippen molar-refractivity contribution in [1.82, 2.24) is 5.48 Å². The molecule has 0 bridgehead atoms. The van der Waals surface area contributed by atoms with E-state index in [2.05, 4.69) is 21.4 Å². The van der Waals surface area contributed by atoms with Gasteiger partial charge in [0.05, 0.1) is 17.3 Å². The van der Waals surface area contributed by atoms with Gasteiger partial charge in [-0.2, -0.15) is 0 Å². The van der Waals surface area contributed by atoms with Gasteiger partial charge in [0.1, 0.15) is 0 Å². The first-order valence-electron chi connectivity index (χ1n) is 3.40. The zero-order valence-corrected chi connectivity index (χ0v) is 8.05. The van der Waals surface area contributed by atoms with Gasteiger partial charge in [0.15, 0.2) is 0 Å². The topological polar surface area (TPSA) is 51.5 Å². The summed E-state index contributed by atoms with van der Waals surface area (Å²) >= 11 is 3.15. The summed E-state index contributed by atoms with van der Waals surface area (Å²) in [5, 5.41) is 0. The Morgan fingerprint density at radius 3 is 3.08 bits per heavy atom. The number of carbonyl (C=O) groups excluding carboxylic acids is 1. The molecule has 0 spiro atoms. The van der Waals surface area contributed by atoms with Gasteiger partial charge in [0, 0.05) is 0 Å². The van der Waals surface area contributed by atoms with Crippen LogP contribution in [-0.4, -0.2) is 12.5 Å². The van der Waals surface area contributed by atoms with Gasteiger partial charge in [-0.3, -0.25) is 9.63 Å². The molecule has 1 N–H and O–H groups in total. The molecule has 1 heterocycles. The van der Waals surface area contributed by atoms with E-state index in [9.17, 15) is 4.79 Å². The number of carbonyl (C=O) groups is 1. The van der Waals surface area contributed by atoms with Gasteiger partial charge in [-0.1, -0.05) is 0 Å². The standard InChI is InChI=1S/C7H8BrNO3/c1-2-12-9-7(10)6-5(8)3-4-11-6/h3-4H,2H2,1H3,(H,9,10). The van der Waals surface area contributed by atoms with Gasteiger partial charge in [-0.05, 0) is 28.9 Å². The average Bonchev–Trinajstić information content (AvgIpc) is 2.47. The summed E-state index contributed by atoms with van der Waals surface area (Å²) < 4.78 is 5.50. The van der Waals surface area contributed by atoms with E-state index in [0.29, 0.717) is 11.1 Å². The van der Waals surface area contributed by atoms with Crippen LogP contribution in [0.1, 0.15) is 17.5 Å². The Labute approximate surface area is 78.0 Å². The third-order valence-corrected chi connectivity index (χ3v) is 1.76. The van der Waals surface area contributed by atoms with Crippen LogP contribution in [0.2, 0.25) is 0 Å². The number of furan rings is 1. The van der Waals surface area contributed by atoms with E-state index in [1.54, 1.807) is 13.0 Å². The molecule has 0 aliphatic heterocycles. The molecule has 1 amide bonds. The van der Waals surface area contributed by atoms with Crippen molar-refractivity contribution in [3.8, 4) is 0 Å². The quantitative estimate of drug-likeness (QED) is 0.810. The first kappa shape index (κ1) is 9.28. The van der Waals surface area contributed by atoms with Crippen molar-refractivity contribution < 1.29 is 14.0 Å². The maximum Gasteiger partial charge on any atom is 0.311 e. The van der Waals surface area contributed by atoms with Crippen LogP contribution in [0.4, 0.5) is 0 Å². The van der Waals surface area contributed by atoms with Crippen molar-refractivity contribution in [3.63, 3.8) is 0 Å². The summed E-state index contributed by atoms with van der Waals surface area (Å²) in [6.07, 6.45) is 1.42. The van der Waals surface area contributed by atoms with Crippen molar-refractivity contribution in [2.75, 3.05) is 6.61 Å². The van der Waals surface area contributed by atoms with Crippen LogP contribution in [-0.2, 0) is 4.84 Å². The fourth-order valence-corrected chi connectivity index (χ4v) is 1.02. The van der Waals surface area contributed by atoms with Crippen LogP contribution in [0, 0.1) is 0 Å². The number of hydrogen-bond donors (Lipinski definition) is 1. The third kappa shape index (κ3) is 2.09. The summed E-state index contributed by atoms with van der Waals surface area (Å²) in [5.74, 6) is -0.183. The molecule has 1 aromatic heterocycles. The predicted octanol–water partition coefficient (Wildman–Crippen LogP) is 1.72. The van der Waals surface area contributed by atoms with Gasteiger partial charge < -0.3 is 4.42 Å². The fourth-order valence-electron chi connectivity index (χ4n) is 0.640. The molecule has 0 atom stereocenters. The first-order chi connectivity index (χ1) is 5.75. The van der Waals surface area contributed by atoms with E-state index < -0.39 is 5.91 Å². The SMILES string of the molecule is CCONC(=O)c1occc1Br. The maximum atomic E-state index is 11.1. The van der Waals surface area contributed by atoms with Gasteiger partial charge in [-0.25, -0.2) is 5.48 Å². The molecule has 1 aromatic rings. The van der Waals surface area contributed by atoms with E-state index in [0.717, 1.165) is 0 Å². The molecule has 4 nitrogen and oxygen atoms in total. The summed E-state index contributed by atoms with van der Waals surface area (Å²) in [6, 6.07) is 1.64. The summed E-state index contributed by atoms with van der Waals surface area (Å²) in [4.78, 5) is 15.8. The molecule has 0 radical (unpaired) electrons. The Hall–Kier alpha value is -0.810. The van der Waals surface area contributed by atoms with Gasteiger partial charge >= 0.3 is 5.91 Å². The lowest BCUT2D eigenvalue weighted by atomic mass is 10.4. The second-order valence-corrected chi connectivity index (χ2v) is 2.82. The summed E-state index contributed by atoms with van der Waals surface area (Å²) in [6.45, 7) is 2.20. The normalized spacial score (nSPS) is 9.83. The molecule has 0 aliphatic carbocycles. The lowest BCUT2D eigenvalue weighted by Crippen LogP contribution is -2.23. The minimum Gasteiger partial charge on any atom is -0.458 e. The predicted molar refractivity (Wildman–Crippen MR) is 45.5 cm³/mol. The highest BCUT2D eigenvalue weighted by molar-refractivity contribution is 9.10. The van der Waals surface area contributed by atoms with Gasteiger partial charge in [0.25, 0.3) is 0 Å². The highest BCUT2D eigenvalue weighted by Gasteiger charge is 2.12. The lowest BCUT2D eigenvalue weighted by molar-refractivity contribution is 0.0339. The monoisotopic (exact) mass is 233 g/mol. The van der Waals surface area contributed by atoms with Gasteiger partial charge in [-0.15, -0.1) is 0 Å². The fraction of sp³-hybridized carbons (Fsp3) is 0.286. The Kier molecular flexibility index (Phi) is 3.31. The molecule has 1 rings (SSSR count). The Balaban J connectivity index is 2.59. The van der Waals surface area contributed by atoms with Crippen LogP contribution in [0.3, 0.4) is 0 Å². The van der Waals surface area contributed by atoms with E-state index >= 15 is 0 Å².